The predicted molar refractivity (Wildman–Crippen MR) is 84.9 cm³/mol. The zero-order chi connectivity index (χ0) is 16.7. The number of piperidine rings is 1. The van der Waals surface area contributed by atoms with Crippen molar-refractivity contribution in [2.75, 3.05) is 19.6 Å². The Labute approximate surface area is 135 Å². The Morgan fingerprint density at radius 3 is 2.65 bits per heavy atom. The molecular formula is C17H22N2O4. The highest BCUT2D eigenvalue weighted by molar-refractivity contribution is 5.94. The summed E-state index contributed by atoms with van der Waals surface area (Å²) in [7, 11) is 0. The minimum Gasteiger partial charge on any atom is -0.481 e. The number of carboxylic acids is 1. The lowest BCUT2D eigenvalue weighted by molar-refractivity contribution is -0.145. The molecule has 0 saturated carbocycles. The van der Waals surface area contributed by atoms with Crippen molar-refractivity contribution in [3.8, 4) is 0 Å². The van der Waals surface area contributed by atoms with Crippen molar-refractivity contribution < 1.29 is 19.5 Å². The number of amides is 2. The van der Waals surface area contributed by atoms with Gasteiger partial charge in [-0.05, 0) is 31.4 Å². The highest BCUT2D eigenvalue weighted by Gasteiger charge is 2.27. The minimum absolute atomic E-state index is 0.0371. The van der Waals surface area contributed by atoms with E-state index in [1.807, 2.05) is 6.07 Å². The van der Waals surface area contributed by atoms with Crippen LogP contribution in [-0.2, 0) is 9.59 Å². The largest absolute Gasteiger partial charge is 0.481 e. The number of carbonyl (C=O) groups excluding carboxylic acids is 2. The van der Waals surface area contributed by atoms with Crippen LogP contribution in [-0.4, -0.2) is 47.4 Å². The smallest absolute Gasteiger partial charge is 0.308 e. The van der Waals surface area contributed by atoms with Crippen molar-refractivity contribution in [2.45, 2.75) is 25.7 Å². The van der Waals surface area contributed by atoms with E-state index in [0.29, 0.717) is 44.5 Å². The topological polar surface area (TPSA) is 86.7 Å². The van der Waals surface area contributed by atoms with Gasteiger partial charge in [0.25, 0.3) is 5.91 Å². The van der Waals surface area contributed by atoms with Gasteiger partial charge in [0.1, 0.15) is 0 Å². The van der Waals surface area contributed by atoms with Crippen LogP contribution in [0, 0.1) is 5.92 Å². The van der Waals surface area contributed by atoms with Gasteiger partial charge in [0.15, 0.2) is 0 Å². The Balaban J connectivity index is 1.68. The number of carboxylic acid groups (broad SMARTS) is 1. The van der Waals surface area contributed by atoms with Crippen LogP contribution in [0.1, 0.15) is 36.0 Å². The van der Waals surface area contributed by atoms with E-state index in [9.17, 15) is 14.4 Å². The van der Waals surface area contributed by atoms with E-state index in [1.165, 1.54) is 0 Å². The first-order chi connectivity index (χ1) is 11.1. The second-order valence-corrected chi connectivity index (χ2v) is 5.74. The Morgan fingerprint density at radius 2 is 1.96 bits per heavy atom. The third-order valence-electron chi connectivity index (χ3n) is 4.01. The van der Waals surface area contributed by atoms with E-state index in [4.69, 9.17) is 5.11 Å². The van der Waals surface area contributed by atoms with Gasteiger partial charge in [0.2, 0.25) is 5.91 Å². The standard InChI is InChI=1S/C17H22N2O4/c20-15(19-11-5-8-14(12-19)17(22)23)9-4-10-18-16(21)13-6-2-1-3-7-13/h1-3,6-7,14H,4-5,8-12H2,(H,18,21)(H,22,23)/t14-/m0/s1. The quantitative estimate of drug-likeness (QED) is 0.779. The van der Waals surface area contributed by atoms with Crippen LogP contribution in [0.25, 0.3) is 0 Å². The molecular weight excluding hydrogens is 296 g/mol. The van der Waals surface area contributed by atoms with Crippen LogP contribution in [0.15, 0.2) is 30.3 Å². The van der Waals surface area contributed by atoms with Crippen molar-refractivity contribution in [3.05, 3.63) is 35.9 Å². The van der Waals surface area contributed by atoms with E-state index in [2.05, 4.69) is 5.32 Å². The highest BCUT2D eigenvalue weighted by atomic mass is 16.4. The average Bonchev–Trinajstić information content (AvgIpc) is 2.59. The fraction of sp³-hybridized carbons (Fsp3) is 0.471. The van der Waals surface area contributed by atoms with E-state index >= 15 is 0 Å². The van der Waals surface area contributed by atoms with E-state index in [0.717, 1.165) is 6.42 Å². The molecule has 23 heavy (non-hydrogen) atoms. The maximum absolute atomic E-state index is 12.1. The molecule has 0 aromatic heterocycles. The number of nitrogens with zero attached hydrogens (tertiary/aromatic N) is 1. The van der Waals surface area contributed by atoms with Gasteiger partial charge in [-0.2, -0.15) is 0 Å². The molecule has 2 N–H and O–H groups in total. The van der Waals surface area contributed by atoms with Crippen molar-refractivity contribution in [2.24, 2.45) is 5.92 Å². The first-order valence-corrected chi connectivity index (χ1v) is 7.92. The number of aliphatic carboxylic acids is 1. The van der Waals surface area contributed by atoms with Crippen LogP contribution in [0.4, 0.5) is 0 Å². The fourth-order valence-electron chi connectivity index (χ4n) is 2.70. The normalized spacial score (nSPS) is 17.6. The number of nitrogens with one attached hydrogen (secondary N) is 1. The molecule has 1 atom stereocenters. The number of carbonyl (C=O) groups is 3. The van der Waals surface area contributed by atoms with Crippen LogP contribution >= 0.6 is 0 Å². The molecule has 1 fully saturated rings. The fourth-order valence-corrected chi connectivity index (χ4v) is 2.70. The molecule has 0 spiro atoms. The van der Waals surface area contributed by atoms with E-state index in [1.54, 1.807) is 29.2 Å². The van der Waals surface area contributed by atoms with Crippen LogP contribution in [0.2, 0.25) is 0 Å². The summed E-state index contributed by atoms with van der Waals surface area (Å²) in [5, 5.41) is 11.8. The van der Waals surface area contributed by atoms with Gasteiger partial charge in [-0.15, -0.1) is 0 Å². The number of rotatable bonds is 6. The molecule has 1 aromatic carbocycles. The summed E-state index contributed by atoms with van der Waals surface area (Å²) in [5.74, 6) is -1.48. The molecule has 1 aliphatic heterocycles. The maximum atomic E-state index is 12.1. The Morgan fingerprint density at radius 1 is 1.22 bits per heavy atom. The second kappa shape index (κ2) is 8.31. The van der Waals surface area contributed by atoms with Gasteiger partial charge in [-0.1, -0.05) is 18.2 Å². The van der Waals surface area contributed by atoms with Gasteiger partial charge >= 0.3 is 5.97 Å². The van der Waals surface area contributed by atoms with Gasteiger partial charge in [0, 0.05) is 31.6 Å². The number of benzene rings is 1. The zero-order valence-corrected chi connectivity index (χ0v) is 13.0. The predicted octanol–water partition coefficient (Wildman–Crippen LogP) is 1.52. The molecule has 1 saturated heterocycles. The summed E-state index contributed by atoms with van der Waals surface area (Å²) >= 11 is 0. The lowest BCUT2D eigenvalue weighted by Crippen LogP contribution is -2.42. The van der Waals surface area contributed by atoms with Crippen LogP contribution < -0.4 is 5.32 Å². The summed E-state index contributed by atoms with van der Waals surface area (Å²) in [5.41, 5.74) is 0.596. The number of hydrogen-bond acceptors (Lipinski definition) is 3. The highest BCUT2D eigenvalue weighted by Crippen LogP contribution is 2.17. The van der Waals surface area contributed by atoms with Crippen LogP contribution in [0.5, 0.6) is 0 Å². The first kappa shape index (κ1) is 17.0. The van der Waals surface area contributed by atoms with Crippen LogP contribution in [0.3, 0.4) is 0 Å². The molecule has 2 rings (SSSR count). The average molecular weight is 318 g/mol. The molecule has 6 nitrogen and oxygen atoms in total. The summed E-state index contributed by atoms with van der Waals surface area (Å²) < 4.78 is 0. The summed E-state index contributed by atoms with van der Waals surface area (Å²) in [6.07, 6.45) is 2.23. The summed E-state index contributed by atoms with van der Waals surface area (Å²) in [6, 6.07) is 8.92. The van der Waals surface area contributed by atoms with Gasteiger partial charge in [0.05, 0.1) is 5.92 Å². The molecule has 0 aliphatic carbocycles. The molecule has 1 aromatic rings. The lowest BCUT2D eigenvalue weighted by atomic mass is 9.98. The molecule has 0 unspecified atom stereocenters. The van der Waals surface area contributed by atoms with Gasteiger partial charge in [-0.3, -0.25) is 14.4 Å². The second-order valence-electron chi connectivity index (χ2n) is 5.74. The van der Waals surface area contributed by atoms with E-state index < -0.39 is 11.9 Å². The summed E-state index contributed by atoms with van der Waals surface area (Å²) in [4.78, 5) is 36.6. The van der Waals surface area contributed by atoms with Crippen molar-refractivity contribution in [3.63, 3.8) is 0 Å². The van der Waals surface area contributed by atoms with Gasteiger partial charge < -0.3 is 15.3 Å². The lowest BCUT2D eigenvalue weighted by Gasteiger charge is -2.30. The Hall–Kier alpha value is -2.37. The minimum atomic E-state index is -0.836. The monoisotopic (exact) mass is 318 g/mol. The molecule has 0 bridgehead atoms. The van der Waals surface area contributed by atoms with Crippen molar-refractivity contribution in [1.29, 1.82) is 0 Å². The molecule has 124 valence electrons. The molecule has 2 amide bonds. The third kappa shape index (κ3) is 5.09. The van der Waals surface area contributed by atoms with Crippen molar-refractivity contribution >= 4 is 17.8 Å². The SMILES string of the molecule is O=C(NCCCC(=O)N1CCC[C@H](C(=O)O)C1)c1ccccc1. The molecule has 1 heterocycles. The maximum Gasteiger partial charge on any atom is 0.308 e. The molecule has 6 heteroatoms. The summed E-state index contributed by atoms with van der Waals surface area (Å²) in [6.45, 7) is 1.35. The molecule has 0 radical (unpaired) electrons. The number of hydrogen-bond donors (Lipinski definition) is 2. The van der Waals surface area contributed by atoms with Gasteiger partial charge in [-0.25, -0.2) is 0 Å². The van der Waals surface area contributed by atoms with E-state index in [-0.39, 0.29) is 11.8 Å². The number of likely N-dealkylation sites (tertiary alicyclic amines) is 1. The van der Waals surface area contributed by atoms with Crippen molar-refractivity contribution in [1.82, 2.24) is 10.2 Å². The first-order valence-electron chi connectivity index (χ1n) is 7.92. The zero-order valence-electron chi connectivity index (χ0n) is 13.0. The Bertz CT molecular complexity index is 559. The molecule has 1 aliphatic rings. The third-order valence-corrected chi connectivity index (χ3v) is 4.01. The Kier molecular flexibility index (Phi) is 6.14.